The summed E-state index contributed by atoms with van der Waals surface area (Å²) in [5.41, 5.74) is -1.80. The van der Waals surface area contributed by atoms with Crippen LogP contribution in [0.1, 0.15) is 38.8 Å². The molecule has 4 aromatic rings. The van der Waals surface area contributed by atoms with E-state index in [1.54, 1.807) is 0 Å². The van der Waals surface area contributed by atoms with E-state index in [1.807, 2.05) is 60.7 Å². The molecule has 314 valence electrons. The number of ketones is 1. The first kappa shape index (κ1) is 46.4. The summed E-state index contributed by atoms with van der Waals surface area (Å²) in [6, 6.07) is 16.6. The number of esters is 2. The third kappa shape index (κ3) is 12.8. The lowest BCUT2D eigenvalue weighted by Crippen LogP contribution is -2.51. The molecule has 0 unspecified atom stereocenters. The first-order valence-electron chi connectivity index (χ1n) is 16.1. The highest BCUT2D eigenvalue weighted by Crippen LogP contribution is 2.31. The van der Waals surface area contributed by atoms with Crippen LogP contribution in [0.15, 0.2) is 84.9 Å². The second kappa shape index (κ2) is 19.9. The zero-order valence-corrected chi connectivity index (χ0v) is 29.6. The first-order chi connectivity index (χ1) is 27.5. The number of amides is 2. The number of carbonyl (C=O) groups is 6. The minimum Gasteiger partial charge on any atom is -0.480 e. The Bertz CT molecular complexity index is 2110. The van der Waals surface area contributed by atoms with E-state index in [2.05, 4.69) is 20.1 Å². The van der Waals surface area contributed by atoms with Crippen molar-refractivity contribution in [2.45, 2.75) is 44.3 Å². The van der Waals surface area contributed by atoms with Gasteiger partial charge >= 0.3 is 42.0 Å². The zero-order valence-electron chi connectivity index (χ0n) is 29.6. The molecule has 0 spiro atoms. The van der Waals surface area contributed by atoms with Crippen molar-refractivity contribution in [1.82, 2.24) is 10.6 Å². The van der Waals surface area contributed by atoms with E-state index in [0.29, 0.717) is 0 Å². The highest BCUT2D eigenvalue weighted by Gasteiger charge is 2.61. The fourth-order valence-corrected chi connectivity index (χ4v) is 4.31. The van der Waals surface area contributed by atoms with Gasteiger partial charge in [-0.3, -0.25) is 14.4 Å². The van der Waals surface area contributed by atoms with E-state index in [0.717, 1.165) is 11.1 Å². The average Bonchev–Trinajstić information content (AvgIpc) is 3.18. The molecule has 59 heavy (non-hydrogen) atoms. The topological polar surface area (TPSA) is 174 Å². The molecule has 0 aliphatic carbocycles. The summed E-state index contributed by atoms with van der Waals surface area (Å²) in [7, 11) is 0. The van der Waals surface area contributed by atoms with Crippen molar-refractivity contribution in [3.8, 4) is 0 Å². The molecule has 0 fully saturated rings. The summed E-state index contributed by atoms with van der Waals surface area (Å²) in [6.45, 7) is 1.42. The Morgan fingerprint density at radius 2 is 1.03 bits per heavy atom. The highest BCUT2D eigenvalue weighted by molar-refractivity contribution is 5.98. The van der Waals surface area contributed by atoms with Crippen LogP contribution >= 0.6 is 0 Å². The van der Waals surface area contributed by atoms with Gasteiger partial charge in [0.05, 0.1) is 11.1 Å². The third-order valence-electron chi connectivity index (χ3n) is 7.31. The lowest BCUT2D eigenvalue weighted by Gasteiger charge is -2.21. The summed E-state index contributed by atoms with van der Waals surface area (Å²) in [5, 5.41) is 13.9. The van der Waals surface area contributed by atoms with Crippen molar-refractivity contribution in [3.63, 3.8) is 0 Å². The van der Waals surface area contributed by atoms with Gasteiger partial charge in [0.15, 0.2) is 34.9 Å². The number of hydrogen-bond donors (Lipinski definition) is 3. The number of alkyl carbamates (subject to hydrolysis) is 1. The SMILES string of the molecule is C[C@H](NC(=O)[C@H](Cc1ccccc1)NC(=O)OCc1ccccc1)C(=O)O.O=C(OC(F)(F)C(=O)C(F)(F)OC(=O)c1ccc(F)c(F)c1F)c1ccc(F)c(F)c1F. The number of halogens is 10. The summed E-state index contributed by atoms with van der Waals surface area (Å²) in [5.74, 6) is -23.8. The molecule has 2 amide bonds. The van der Waals surface area contributed by atoms with E-state index < -0.39 is 106 Å². The number of alkyl halides is 4. The Kier molecular flexibility index (Phi) is 15.7. The molecular weight excluding hydrogens is 822 g/mol. The maximum absolute atomic E-state index is 13.7. The van der Waals surface area contributed by atoms with Crippen LogP contribution in [0.25, 0.3) is 0 Å². The van der Waals surface area contributed by atoms with Crippen LogP contribution in [0.3, 0.4) is 0 Å². The number of carboxylic acids is 1. The van der Waals surface area contributed by atoms with Crippen molar-refractivity contribution in [2.75, 3.05) is 0 Å². The fourth-order valence-electron chi connectivity index (χ4n) is 4.31. The monoisotopic (exact) mass is 848 g/mol. The second-order valence-corrected chi connectivity index (χ2v) is 11.6. The predicted molar refractivity (Wildman–Crippen MR) is 177 cm³/mol. The van der Waals surface area contributed by atoms with Gasteiger partial charge in [0.1, 0.15) is 18.7 Å². The van der Waals surface area contributed by atoms with Crippen molar-refractivity contribution < 1.29 is 92.0 Å². The predicted octanol–water partition coefficient (Wildman–Crippen LogP) is 6.40. The van der Waals surface area contributed by atoms with Gasteiger partial charge in [0, 0.05) is 6.42 Å². The first-order valence-corrected chi connectivity index (χ1v) is 16.1. The van der Waals surface area contributed by atoms with E-state index in [-0.39, 0.29) is 37.3 Å². The van der Waals surface area contributed by atoms with Crippen molar-refractivity contribution in [2.24, 2.45) is 0 Å². The lowest BCUT2D eigenvalue weighted by molar-refractivity contribution is -0.256. The molecular formula is C37H26F10N2O10. The number of carbonyl (C=O) groups excluding carboxylic acids is 5. The maximum Gasteiger partial charge on any atom is 0.474 e. The van der Waals surface area contributed by atoms with Gasteiger partial charge in [-0.05, 0) is 42.3 Å². The normalized spacial score (nSPS) is 12.1. The van der Waals surface area contributed by atoms with Gasteiger partial charge in [0.25, 0.3) is 0 Å². The number of aliphatic carboxylic acids is 1. The Morgan fingerprint density at radius 3 is 1.46 bits per heavy atom. The molecule has 0 saturated heterocycles. The van der Waals surface area contributed by atoms with Crippen LogP contribution in [0, 0.1) is 34.9 Å². The number of Topliss-reactive ketones (excluding diaryl/α,β-unsaturated/α-hetero) is 1. The quantitative estimate of drug-likeness (QED) is 0.0558. The molecule has 0 aromatic heterocycles. The third-order valence-corrected chi connectivity index (χ3v) is 7.31. The van der Waals surface area contributed by atoms with Crippen LogP contribution in [-0.4, -0.2) is 65.1 Å². The van der Waals surface area contributed by atoms with Crippen LogP contribution in [0.2, 0.25) is 0 Å². The largest absolute Gasteiger partial charge is 0.480 e. The smallest absolute Gasteiger partial charge is 0.474 e. The Morgan fingerprint density at radius 1 is 0.610 bits per heavy atom. The molecule has 12 nitrogen and oxygen atoms in total. The number of nitrogens with one attached hydrogen (secondary N) is 2. The lowest BCUT2D eigenvalue weighted by atomic mass is 10.1. The molecule has 0 saturated carbocycles. The molecule has 0 aliphatic rings. The molecule has 2 atom stereocenters. The number of hydrogen-bond acceptors (Lipinski definition) is 9. The van der Waals surface area contributed by atoms with Crippen LogP contribution < -0.4 is 10.6 Å². The summed E-state index contributed by atoms with van der Waals surface area (Å²) in [4.78, 5) is 69.8. The van der Waals surface area contributed by atoms with E-state index >= 15 is 0 Å². The molecule has 4 aromatic carbocycles. The average molecular weight is 849 g/mol. The van der Waals surface area contributed by atoms with Gasteiger partial charge in [-0.1, -0.05) is 60.7 Å². The Balaban J connectivity index is 0.000000320. The van der Waals surface area contributed by atoms with Gasteiger partial charge in [-0.25, -0.2) is 40.7 Å². The minimum atomic E-state index is -5.86. The number of benzene rings is 4. The number of ether oxygens (including phenoxy) is 3. The van der Waals surface area contributed by atoms with Crippen LogP contribution in [0.4, 0.5) is 48.7 Å². The van der Waals surface area contributed by atoms with E-state index in [1.165, 1.54) is 6.92 Å². The number of rotatable bonds is 14. The van der Waals surface area contributed by atoms with Crippen molar-refractivity contribution in [3.05, 3.63) is 142 Å². The molecule has 0 heterocycles. The van der Waals surface area contributed by atoms with Crippen LogP contribution in [0.5, 0.6) is 0 Å². The summed E-state index contributed by atoms with van der Waals surface area (Å²) in [6.07, 6.45) is -12.3. The number of carboxylic acid groups (broad SMARTS) is 1. The van der Waals surface area contributed by atoms with Crippen molar-refractivity contribution >= 4 is 35.7 Å². The van der Waals surface area contributed by atoms with Gasteiger partial charge < -0.3 is 30.0 Å². The molecule has 4 rings (SSSR count). The van der Waals surface area contributed by atoms with Gasteiger partial charge in [0.2, 0.25) is 5.91 Å². The highest BCUT2D eigenvalue weighted by atomic mass is 19.3. The Hall–Kier alpha value is -7.00. The second-order valence-electron chi connectivity index (χ2n) is 11.6. The molecule has 22 heteroatoms. The molecule has 0 aliphatic heterocycles. The summed E-state index contributed by atoms with van der Waals surface area (Å²) < 4.78 is 145. The fraction of sp³-hybridized carbons (Fsp3) is 0.189. The van der Waals surface area contributed by atoms with Gasteiger partial charge in [-0.2, -0.15) is 17.6 Å². The summed E-state index contributed by atoms with van der Waals surface area (Å²) >= 11 is 0. The maximum atomic E-state index is 13.7. The van der Waals surface area contributed by atoms with Crippen LogP contribution in [-0.2, 0) is 41.6 Å². The molecule has 0 bridgehead atoms. The molecule has 0 radical (unpaired) electrons. The van der Waals surface area contributed by atoms with E-state index in [9.17, 15) is 72.7 Å². The van der Waals surface area contributed by atoms with E-state index in [4.69, 9.17) is 9.84 Å². The standard InChI is InChI=1S/C20H22N2O5.C17H4F10O5/c1-14(19(24)25)21-18(23)17(12-15-8-4-2-5-9-15)22-20(26)27-13-16-10-6-3-7-11-16;18-7-3-1-5(9(20)11(7)22)13(28)31-16(24,25)15(30)17(26,27)32-14(29)6-2-4-8(19)12(23)10(6)21/h2-11,14,17H,12-13H2,1H3,(H,21,23)(H,22,26)(H,24,25);1-4H/t14-,17-;/m0./s1. The minimum absolute atomic E-state index is 0.0673. The van der Waals surface area contributed by atoms with Gasteiger partial charge in [-0.15, -0.1) is 0 Å². The Labute approximate surface area is 324 Å². The molecule has 3 N–H and O–H groups in total. The van der Waals surface area contributed by atoms with Crippen molar-refractivity contribution in [1.29, 1.82) is 0 Å². The zero-order chi connectivity index (χ0) is 44.2.